The van der Waals surface area contributed by atoms with Gasteiger partial charge in [0.25, 0.3) is 0 Å². The summed E-state index contributed by atoms with van der Waals surface area (Å²) in [7, 11) is 3.40. The number of aromatic nitrogens is 1. The van der Waals surface area contributed by atoms with Crippen molar-refractivity contribution in [3.63, 3.8) is 0 Å². The van der Waals surface area contributed by atoms with Gasteiger partial charge in [-0.15, -0.1) is 24.0 Å². The van der Waals surface area contributed by atoms with Crippen LogP contribution in [0, 0.1) is 0 Å². The average molecular weight is 506 g/mol. The third kappa shape index (κ3) is 6.49. The molecule has 6 nitrogen and oxygen atoms in total. The summed E-state index contributed by atoms with van der Waals surface area (Å²) in [5.41, 5.74) is 2.17. The smallest absolute Gasteiger partial charge is 0.191 e. The minimum atomic E-state index is -0.0348. The van der Waals surface area contributed by atoms with Crippen molar-refractivity contribution in [3.8, 4) is 11.5 Å². The van der Waals surface area contributed by atoms with Crippen LogP contribution in [0.25, 0.3) is 10.9 Å². The zero-order valence-corrected chi connectivity index (χ0v) is 19.2. The van der Waals surface area contributed by atoms with E-state index in [1.54, 1.807) is 14.2 Å². The van der Waals surface area contributed by atoms with E-state index in [-0.39, 0.29) is 30.1 Å². The lowest BCUT2D eigenvalue weighted by Gasteiger charge is -2.18. The van der Waals surface area contributed by atoms with Gasteiger partial charge in [-0.05, 0) is 36.8 Å². The van der Waals surface area contributed by atoms with Crippen molar-refractivity contribution in [3.05, 3.63) is 66.4 Å². The number of hydrogen-bond acceptors (Lipinski definition) is 4. The molecule has 0 aliphatic rings. The number of rotatable bonds is 7. The number of fused-ring (bicyclic) bond motifs is 1. The number of guanidine groups is 1. The number of ether oxygens (including phenoxy) is 2. The maximum atomic E-state index is 5.94. The zero-order valence-electron chi connectivity index (χ0n) is 16.9. The molecule has 0 bridgehead atoms. The molecule has 0 spiro atoms. The lowest BCUT2D eigenvalue weighted by molar-refractivity contribution is 0.223. The Hall–Kier alpha value is -2.55. The van der Waals surface area contributed by atoms with Crippen LogP contribution in [0.2, 0.25) is 0 Å². The first-order chi connectivity index (χ1) is 13.7. The molecule has 7 heteroatoms. The number of nitrogens with zero attached hydrogens (tertiary/aromatic N) is 2. The SMILES string of the molecule is CN=C(NCc1ccnc2ccccc12)NCC(C)Oc1cccc(OC)c1.I. The second-order valence-corrected chi connectivity index (χ2v) is 6.40. The van der Waals surface area contributed by atoms with Crippen LogP contribution in [0.4, 0.5) is 0 Å². The van der Waals surface area contributed by atoms with Crippen LogP contribution in [0.5, 0.6) is 11.5 Å². The average Bonchev–Trinajstić information content (AvgIpc) is 2.74. The predicted octanol–water partition coefficient (Wildman–Crippen LogP) is 3.99. The van der Waals surface area contributed by atoms with E-state index in [9.17, 15) is 0 Å². The minimum Gasteiger partial charge on any atom is -0.497 e. The quantitative estimate of drug-likeness (QED) is 0.288. The molecule has 154 valence electrons. The van der Waals surface area contributed by atoms with Gasteiger partial charge in [0.1, 0.15) is 17.6 Å². The van der Waals surface area contributed by atoms with E-state index in [2.05, 4.69) is 26.7 Å². The van der Waals surface area contributed by atoms with Gasteiger partial charge in [-0.3, -0.25) is 9.98 Å². The van der Waals surface area contributed by atoms with Crippen molar-refractivity contribution in [2.45, 2.75) is 19.6 Å². The molecule has 3 aromatic rings. The summed E-state index contributed by atoms with van der Waals surface area (Å²) in [4.78, 5) is 8.69. The van der Waals surface area contributed by atoms with Gasteiger partial charge >= 0.3 is 0 Å². The number of pyridine rings is 1. The Morgan fingerprint density at radius 1 is 1.07 bits per heavy atom. The van der Waals surface area contributed by atoms with Crippen LogP contribution in [0.15, 0.2) is 65.8 Å². The highest BCUT2D eigenvalue weighted by Gasteiger charge is 2.07. The Labute approximate surface area is 188 Å². The van der Waals surface area contributed by atoms with E-state index < -0.39 is 0 Å². The number of nitrogens with one attached hydrogen (secondary N) is 2. The zero-order chi connectivity index (χ0) is 19.8. The van der Waals surface area contributed by atoms with Crippen LogP contribution < -0.4 is 20.1 Å². The predicted molar refractivity (Wildman–Crippen MR) is 128 cm³/mol. The first-order valence-corrected chi connectivity index (χ1v) is 9.27. The Kier molecular flexibility index (Phi) is 8.98. The molecule has 0 saturated heterocycles. The van der Waals surface area contributed by atoms with Crippen molar-refractivity contribution >= 4 is 40.8 Å². The third-order valence-electron chi connectivity index (χ3n) is 4.34. The van der Waals surface area contributed by atoms with Gasteiger partial charge in [0, 0.05) is 31.2 Å². The summed E-state index contributed by atoms with van der Waals surface area (Å²) in [6, 6.07) is 17.7. The topological polar surface area (TPSA) is 67.8 Å². The number of halogens is 1. The molecule has 1 atom stereocenters. The second kappa shape index (κ2) is 11.5. The molecule has 29 heavy (non-hydrogen) atoms. The summed E-state index contributed by atoms with van der Waals surface area (Å²) in [5, 5.41) is 7.80. The van der Waals surface area contributed by atoms with Crippen molar-refractivity contribution in [2.75, 3.05) is 20.7 Å². The van der Waals surface area contributed by atoms with E-state index in [1.807, 2.05) is 61.7 Å². The number of benzene rings is 2. The van der Waals surface area contributed by atoms with E-state index in [4.69, 9.17) is 9.47 Å². The molecule has 0 saturated carbocycles. The largest absolute Gasteiger partial charge is 0.497 e. The molecule has 0 amide bonds. The molecule has 1 aromatic heterocycles. The number of methoxy groups -OCH3 is 1. The van der Waals surface area contributed by atoms with Crippen LogP contribution >= 0.6 is 24.0 Å². The molecular weight excluding hydrogens is 479 g/mol. The normalized spacial score (nSPS) is 12.0. The summed E-state index contributed by atoms with van der Waals surface area (Å²) in [6.07, 6.45) is 1.80. The van der Waals surface area contributed by atoms with E-state index in [0.717, 1.165) is 28.4 Å². The summed E-state index contributed by atoms with van der Waals surface area (Å²) < 4.78 is 11.2. The summed E-state index contributed by atoms with van der Waals surface area (Å²) in [5.74, 6) is 2.28. The van der Waals surface area contributed by atoms with Gasteiger partial charge in [0.15, 0.2) is 5.96 Å². The van der Waals surface area contributed by atoms with Crippen molar-refractivity contribution in [2.24, 2.45) is 4.99 Å². The van der Waals surface area contributed by atoms with Gasteiger partial charge in [-0.1, -0.05) is 24.3 Å². The van der Waals surface area contributed by atoms with Crippen molar-refractivity contribution in [1.29, 1.82) is 0 Å². The van der Waals surface area contributed by atoms with Crippen LogP contribution in [-0.4, -0.2) is 37.7 Å². The second-order valence-electron chi connectivity index (χ2n) is 6.40. The molecule has 0 radical (unpaired) electrons. The fraction of sp³-hybridized carbons (Fsp3) is 0.273. The number of aliphatic imine (C=N–C) groups is 1. The highest BCUT2D eigenvalue weighted by Crippen LogP contribution is 2.20. The highest BCUT2D eigenvalue weighted by atomic mass is 127. The molecule has 0 aliphatic heterocycles. The van der Waals surface area contributed by atoms with Crippen LogP contribution in [0.3, 0.4) is 0 Å². The molecular formula is C22H27IN4O2. The Balaban J connectivity index is 0.00000300. The molecule has 2 N–H and O–H groups in total. The van der Waals surface area contributed by atoms with Crippen molar-refractivity contribution < 1.29 is 9.47 Å². The third-order valence-corrected chi connectivity index (χ3v) is 4.34. The molecule has 0 aliphatic carbocycles. The maximum Gasteiger partial charge on any atom is 0.191 e. The Morgan fingerprint density at radius 3 is 2.66 bits per heavy atom. The van der Waals surface area contributed by atoms with Gasteiger partial charge in [-0.2, -0.15) is 0 Å². The van der Waals surface area contributed by atoms with Gasteiger partial charge in [0.2, 0.25) is 0 Å². The lowest BCUT2D eigenvalue weighted by Crippen LogP contribution is -2.41. The van der Waals surface area contributed by atoms with E-state index in [1.165, 1.54) is 5.56 Å². The molecule has 0 fully saturated rings. The lowest BCUT2D eigenvalue weighted by atomic mass is 10.1. The van der Waals surface area contributed by atoms with Gasteiger partial charge in [0.05, 0.1) is 19.2 Å². The fourth-order valence-corrected chi connectivity index (χ4v) is 2.90. The Bertz CT molecular complexity index is 944. The number of para-hydroxylation sites is 1. The van der Waals surface area contributed by atoms with Gasteiger partial charge in [-0.25, -0.2) is 0 Å². The standard InChI is InChI=1S/C22H26N4O2.HI/c1-16(28-19-8-6-7-18(13-19)27-3)14-25-22(23-2)26-15-17-11-12-24-21-10-5-4-9-20(17)21;/h4-13,16H,14-15H2,1-3H3,(H2,23,25,26);1H. The van der Waals surface area contributed by atoms with E-state index in [0.29, 0.717) is 13.1 Å². The molecule has 3 rings (SSSR count). The van der Waals surface area contributed by atoms with Crippen LogP contribution in [-0.2, 0) is 6.54 Å². The van der Waals surface area contributed by atoms with E-state index >= 15 is 0 Å². The summed E-state index contributed by atoms with van der Waals surface area (Å²) in [6.45, 7) is 3.29. The first kappa shape index (κ1) is 22.7. The highest BCUT2D eigenvalue weighted by molar-refractivity contribution is 14.0. The van der Waals surface area contributed by atoms with Crippen molar-refractivity contribution in [1.82, 2.24) is 15.6 Å². The summed E-state index contributed by atoms with van der Waals surface area (Å²) >= 11 is 0. The molecule has 2 aromatic carbocycles. The minimum absolute atomic E-state index is 0. The first-order valence-electron chi connectivity index (χ1n) is 9.27. The monoisotopic (exact) mass is 506 g/mol. The Morgan fingerprint density at radius 2 is 1.86 bits per heavy atom. The maximum absolute atomic E-state index is 5.94. The van der Waals surface area contributed by atoms with Gasteiger partial charge < -0.3 is 20.1 Å². The molecule has 1 unspecified atom stereocenters. The fourth-order valence-electron chi connectivity index (χ4n) is 2.90. The number of hydrogen-bond donors (Lipinski definition) is 2. The van der Waals surface area contributed by atoms with Crippen LogP contribution in [0.1, 0.15) is 12.5 Å². The molecule has 1 heterocycles.